The van der Waals surface area contributed by atoms with Crippen molar-refractivity contribution in [2.75, 3.05) is 6.54 Å². The highest BCUT2D eigenvalue weighted by Crippen LogP contribution is 2.32. The Hall–Kier alpha value is -1.10. The topological polar surface area (TPSA) is 51.0 Å². The van der Waals surface area contributed by atoms with Gasteiger partial charge in [0.2, 0.25) is 11.8 Å². The second-order valence-corrected chi connectivity index (χ2v) is 5.60. The monoisotopic (exact) mass is 313 g/mol. The minimum Gasteiger partial charge on any atom is -0.421 e. The maximum absolute atomic E-state index is 6.13. The quantitative estimate of drug-likeness (QED) is 0.820. The lowest BCUT2D eigenvalue weighted by Gasteiger charge is -2.05. The van der Waals surface area contributed by atoms with Gasteiger partial charge in [-0.05, 0) is 25.1 Å². The first-order valence-corrected chi connectivity index (χ1v) is 7.33. The van der Waals surface area contributed by atoms with Crippen molar-refractivity contribution in [2.45, 2.75) is 32.7 Å². The molecule has 1 heterocycles. The van der Waals surface area contributed by atoms with Gasteiger partial charge in [-0.25, -0.2) is 0 Å². The van der Waals surface area contributed by atoms with Crippen LogP contribution in [0.15, 0.2) is 22.6 Å². The molecule has 2 aromatic rings. The first-order chi connectivity index (χ1) is 9.58. The van der Waals surface area contributed by atoms with Gasteiger partial charge in [0.05, 0.1) is 15.6 Å². The molecule has 0 saturated carbocycles. The van der Waals surface area contributed by atoms with Crippen molar-refractivity contribution in [3.8, 4) is 11.5 Å². The Morgan fingerprint density at radius 2 is 2.05 bits per heavy atom. The van der Waals surface area contributed by atoms with E-state index in [1.807, 2.05) is 6.07 Å². The van der Waals surface area contributed by atoms with Crippen LogP contribution in [0.25, 0.3) is 11.5 Å². The van der Waals surface area contributed by atoms with E-state index in [0.29, 0.717) is 33.4 Å². The minimum absolute atomic E-state index is 0.407. The molecule has 20 heavy (non-hydrogen) atoms. The molecule has 6 heteroatoms. The zero-order valence-electron chi connectivity index (χ0n) is 11.5. The van der Waals surface area contributed by atoms with Crippen LogP contribution in [-0.2, 0) is 6.42 Å². The molecule has 0 radical (unpaired) electrons. The third kappa shape index (κ3) is 3.95. The number of nitrogens with zero attached hydrogens (tertiary/aromatic N) is 2. The van der Waals surface area contributed by atoms with E-state index in [9.17, 15) is 0 Å². The number of rotatable bonds is 6. The Morgan fingerprint density at radius 1 is 1.25 bits per heavy atom. The summed E-state index contributed by atoms with van der Waals surface area (Å²) < 4.78 is 5.62. The van der Waals surface area contributed by atoms with E-state index < -0.39 is 0 Å². The highest BCUT2D eigenvalue weighted by Gasteiger charge is 2.13. The lowest BCUT2D eigenvalue weighted by atomic mass is 10.2. The molecule has 1 aromatic heterocycles. The van der Waals surface area contributed by atoms with Gasteiger partial charge in [-0.3, -0.25) is 0 Å². The molecule has 0 aliphatic heterocycles. The summed E-state index contributed by atoms with van der Waals surface area (Å²) in [5.74, 6) is 1.02. The largest absolute Gasteiger partial charge is 0.421 e. The van der Waals surface area contributed by atoms with Crippen LogP contribution in [0, 0.1) is 0 Å². The molecule has 1 N–H and O–H groups in total. The van der Waals surface area contributed by atoms with E-state index in [1.165, 1.54) is 0 Å². The minimum atomic E-state index is 0.407. The van der Waals surface area contributed by atoms with E-state index in [4.69, 9.17) is 27.6 Å². The molecule has 0 aliphatic carbocycles. The highest BCUT2D eigenvalue weighted by molar-refractivity contribution is 6.43. The van der Waals surface area contributed by atoms with Crippen LogP contribution in [0.5, 0.6) is 0 Å². The second-order valence-electron chi connectivity index (χ2n) is 4.81. The number of hydrogen-bond acceptors (Lipinski definition) is 4. The Labute approximate surface area is 128 Å². The van der Waals surface area contributed by atoms with Crippen molar-refractivity contribution in [2.24, 2.45) is 0 Å². The van der Waals surface area contributed by atoms with Gasteiger partial charge >= 0.3 is 0 Å². The zero-order valence-corrected chi connectivity index (χ0v) is 13.0. The van der Waals surface area contributed by atoms with Crippen molar-refractivity contribution in [1.82, 2.24) is 15.5 Å². The fraction of sp³-hybridized carbons (Fsp3) is 0.429. The van der Waals surface area contributed by atoms with Crippen LogP contribution in [0.3, 0.4) is 0 Å². The molecule has 0 amide bonds. The number of aromatic nitrogens is 2. The molecule has 0 spiro atoms. The van der Waals surface area contributed by atoms with Crippen LogP contribution >= 0.6 is 23.2 Å². The Kier molecular flexibility index (Phi) is 5.40. The number of benzene rings is 1. The van der Waals surface area contributed by atoms with Gasteiger partial charge in [0, 0.05) is 12.5 Å². The average Bonchev–Trinajstić information content (AvgIpc) is 2.86. The van der Waals surface area contributed by atoms with Crippen LogP contribution in [0.2, 0.25) is 10.0 Å². The number of halogens is 2. The fourth-order valence-electron chi connectivity index (χ4n) is 1.76. The third-order valence-electron chi connectivity index (χ3n) is 2.77. The van der Waals surface area contributed by atoms with Crippen molar-refractivity contribution < 1.29 is 4.42 Å². The Morgan fingerprint density at radius 3 is 2.80 bits per heavy atom. The van der Waals surface area contributed by atoms with E-state index in [0.717, 1.165) is 19.4 Å². The van der Waals surface area contributed by atoms with Crippen molar-refractivity contribution in [1.29, 1.82) is 0 Å². The molecular formula is C14H17Cl2N3O. The Bertz CT molecular complexity index is 569. The summed E-state index contributed by atoms with van der Waals surface area (Å²) in [5.41, 5.74) is 0.665. The maximum atomic E-state index is 6.13. The smallest absolute Gasteiger partial charge is 0.249 e. The van der Waals surface area contributed by atoms with E-state index in [-0.39, 0.29) is 0 Å². The van der Waals surface area contributed by atoms with E-state index >= 15 is 0 Å². The summed E-state index contributed by atoms with van der Waals surface area (Å²) in [6, 6.07) is 5.83. The molecule has 0 bridgehead atoms. The average molecular weight is 314 g/mol. The SMILES string of the molecule is CC(C)NCCCc1nnc(-c2cccc(Cl)c2Cl)o1. The number of aryl methyl sites for hydroxylation is 1. The van der Waals surface area contributed by atoms with Gasteiger partial charge in [0.15, 0.2) is 0 Å². The molecule has 4 nitrogen and oxygen atoms in total. The first-order valence-electron chi connectivity index (χ1n) is 6.58. The van der Waals surface area contributed by atoms with E-state index in [1.54, 1.807) is 12.1 Å². The second kappa shape index (κ2) is 7.07. The number of nitrogens with one attached hydrogen (secondary N) is 1. The van der Waals surface area contributed by atoms with Crippen LogP contribution in [0.4, 0.5) is 0 Å². The molecule has 2 rings (SSSR count). The summed E-state index contributed by atoms with van der Waals surface area (Å²) in [4.78, 5) is 0. The van der Waals surface area contributed by atoms with Crippen molar-refractivity contribution in [3.63, 3.8) is 0 Å². The normalized spacial score (nSPS) is 11.2. The molecule has 0 fully saturated rings. The highest BCUT2D eigenvalue weighted by atomic mass is 35.5. The summed E-state index contributed by atoms with van der Waals surface area (Å²) in [7, 11) is 0. The number of hydrogen-bond donors (Lipinski definition) is 1. The van der Waals surface area contributed by atoms with Gasteiger partial charge < -0.3 is 9.73 Å². The summed E-state index contributed by atoms with van der Waals surface area (Å²) in [6.07, 6.45) is 1.69. The van der Waals surface area contributed by atoms with Crippen molar-refractivity contribution in [3.05, 3.63) is 34.1 Å². The third-order valence-corrected chi connectivity index (χ3v) is 3.59. The molecule has 1 aromatic carbocycles. The van der Waals surface area contributed by atoms with Crippen molar-refractivity contribution >= 4 is 23.2 Å². The van der Waals surface area contributed by atoms with Gasteiger partial charge in [0.25, 0.3) is 0 Å². The zero-order chi connectivity index (χ0) is 14.5. The fourth-order valence-corrected chi connectivity index (χ4v) is 2.14. The molecular weight excluding hydrogens is 297 g/mol. The van der Waals surface area contributed by atoms with Crippen LogP contribution < -0.4 is 5.32 Å². The molecule has 0 unspecified atom stereocenters. The Balaban J connectivity index is 2.00. The van der Waals surface area contributed by atoms with E-state index in [2.05, 4.69) is 29.4 Å². The molecule has 108 valence electrons. The molecule has 0 aliphatic rings. The molecule has 0 atom stereocenters. The van der Waals surface area contributed by atoms with Crippen LogP contribution in [-0.4, -0.2) is 22.8 Å². The van der Waals surface area contributed by atoms with Gasteiger partial charge in [-0.15, -0.1) is 10.2 Å². The summed E-state index contributed by atoms with van der Waals surface area (Å²) in [6.45, 7) is 5.16. The lowest BCUT2D eigenvalue weighted by Crippen LogP contribution is -2.23. The van der Waals surface area contributed by atoms with Gasteiger partial charge in [-0.1, -0.05) is 43.1 Å². The van der Waals surface area contributed by atoms with Gasteiger partial charge in [0.1, 0.15) is 0 Å². The maximum Gasteiger partial charge on any atom is 0.249 e. The molecule has 0 saturated heterocycles. The predicted octanol–water partition coefficient (Wildman–Crippen LogP) is 3.97. The predicted molar refractivity (Wildman–Crippen MR) is 81.2 cm³/mol. The lowest BCUT2D eigenvalue weighted by molar-refractivity contribution is 0.484. The van der Waals surface area contributed by atoms with Crippen LogP contribution in [0.1, 0.15) is 26.2 Å². The summed E-state index contributed by atoms with van der Waals surface area (Å²) in [5, 5.41) is 12.3. The van der Waals surface area contributed by atoms with Gasteiger partial charge in [-0.2, -0.15) is 0 Å². The summed E-state index contributed by atoms with van der Waals surface area (Å²) >= 11 is 12.1. The standard InChI is InChI=1S/C14H17Cl2N3O/c1-9(2)17-8-4-7-12-18-19-14(20-12)10-5-3-6-11(15)13(10)16/h3,5-6,9,17H,4,7-8H2,1-2H3. The first kappa shape index (κ1) is 15.3.